The quantitative estimate of drug-likeness (QED) is 0.777. The first-order valence-electron chi connectivity index (χ1n) is 8.27. The molecule has 0 radical (unpaired) electrons. The number of nitrogens with one attached hydrogen (secondary N) is 2. The van der Waals surface area contributed by atoms with Gasteiger partial charge in [0.15, 0.2) is 5.65 Å². The lowest BCUT2D eigenvalue weighted by molar-refractivity contribution is -0.117. The molecular weight excluding hydrogens is 302 g/mol. The molecule has 0 atom stereocenters. The van der Waals surface area contributed by atoms with Crippen molar-refractivity contribution in [1.82, 2.24) is 19.9 Å². The molecule has 2 aliphatic rings. The predicted molar refractivity (Wildman–Crippen MR) is 90.3 cm³/mol. The van der Waals surface area contributed by atoms with E-state index in [-0.39, 0.29) is 11.8 Å². The SMILES string of the molecule is O=C(Nc1nc2c(-c3ccc4c(c3)CNC4)cccn2n1)C1CC1. The molecule has 0 saturated heterocycles. The zero-order valence-corrected chi connectivity index (χ0v) is 13.1. The smallest absolute Gasteiger partial charge is 0.249 e. The Hall–Kier alpha value is -2.73. The second kappa shape index (κ2) is 5.14. The van der Waals surface area contributed by atoms with E-state index in [9.17, 15) is 4.79 Å². The Morgan fingerprint density at radius 2 is 2.08 bits per heavy atom. The van der Waals surface area contributed by atoms with Crippen molar-refractivity contribution in [3.8, 4) is 11.1 Å². The monoisotopic (exact) mass is 319 g/mol. The van der Waals surface area contributed by atoms with Gasteiger partial charge in [-0.15, -0.1) is 5.10 Å². The molecule has 0 bridgehead atoms. The summed E-state index contributed by atoms with van der Waals surface area (Å²) in [6.07, 6.45) is 3.79. The zero-order chi connectivity index (χ0) is 16.1. The number of amides is 1. The largest absolute Gasteiger partial charge is 0.309 e. The lowest BCUT2D eigenvalue weighted by atomic mass is 10.0. The number of hydrogen-bond acceptors (Lipinski definition) is 4. The minimum atomic E-state index is 0.0241. The van der Waals surface area contributed by atoms with Crippen LogP contribution in [0.5, 0.6) is 0 Å². The van der Waals surface area contributed by atoms with E-state index in [1.54, 1.807) is 4.52 Å². The molecule has 6 heteroatoms. The molecule has 1 fully saturated rings. The van der Waals surface area contributed by atoms with Crippen molar-refractivity contribution in [2.45, 2.75) is 25.9 Å². The van der Waals surface area contributed by atoms with Gasteiger partial charge in [0.2, 0.25) is 11.9 Å². The molecular formula is C18H17N5O. The van der Waals surface area contributed by atoms with E-state index < -0.39 is 0 Å². The van der Waals surface area contributed by atoms with Crippen molar-refractivity contribution in [3.05, 3.63) is 47.7 Å². The first-order chi connectivity index (χ1) is 11.8. The highest BCUT2D eigenvalue weighted by Crippen LogP contribution is 2.31. The van der Waals surface area contributed by atoms with Crippen LogP contribution in [0.1, 0.15) is 24.0 Å². The summed E-state index contributed by atoms with van der Waals surface area (Å²) in [7, 11) is 0. The number of rotatable bonds is 3. The van der Waals surface area contributed by atoms with Crippen molar-refractivity contribution in [1.29, 1.82) is 0 Å². The molecule has 5 rings (SSSR count). The fourth-order valence-electron chi connectivity index (χ4n) is 3.20. The van der Waals surface area contributed by atoms with Crippen LogP contribution in [-0.2, 0) is 17.9 Å². The molecule has 0 spiro atoms. The third kappa shape index (κ3) is 2.27. The summed E-state index contributed by atoms with van der Waals surface area (Å²) < 4.78 is 1.73. The summed E-state index contributed by atoms with van der Waals surface area (Å²) in [6, 6.07) is 10.5. The van der Waals surface area contributed by atoms with Gasteiger partial charge >= 0.3 is 0 Å². The van der Waals surface area contributed by atoms with Crippen LogP contribution in [0.4, 0.5) is 5.95 Å². The van der Waals surface area contributed by atoms with Gasteiger partial charge in [0.25, 0.3) is 0 Å². The average molecular weight is 319 g/mol. The van der Waals surface area contributed by atoms with E-state index in [0.717, 1.165) is 42.7 Å². The van der Waals surface area contributed by atoms with Crippen molar-refractivity contribution in [2.24, 2.45) is 5.92 Å². The number of anilines is 1. The molecule has 1 aliphatic heterocycles. The van der Waals surface area contributed by atoms with Crippen LogP contribution >= 0.6 is 0 Å². The van der Waals surface area contributed by atoms with E-state index in [1.165, 1.54) is 11.1 Å². The molecule has 1 aliphatic carbocycles. The number of aromatic nitrogens is 3. The van der Waals surface area contributed by atoms with Gasteiger partial charge in [0.1, 0.15) is 0 Å². The molecule has 6 nitrogen and oxygen atoms in total. The number of benzene rings is 1. The number of carbonyl (C=O) groups excluding carboxylic acids is 1. The highest BCUT2D eigenvalue weighted by molar-refractivity contribution is 5.93. The molecule has 1 saturated carbocycles. The summed E-state index contributed by atoms with van der Waals surface area (Å²) in [6.45, 7) is 1.84. The second-order valence-corrected chi connectivity index (χ2v) is 6.48. The van der Waals surface area contributed by atoms with Crippen molar-refractivity contribution < 1.29 is 4.79 Å². The van der Waals surface area contributed by atoms with Gasteiger partial charge in [-0.3, -0.25) is 10.1 Å². The molecule has 0 unspecified atom stereocenters. The fourth-order valence-corrected chi connectivity index (χ4v) is 3.20. The summed E-state index contributed by atoms with van der Waals surface area (Å²) in [5.74, 6) is 0.540. The maximum Gasteiger partial charge on any atom is 0.249 e. The van der Waals surface area contributed by atoms with Crippen LogP contribution in [0.15, 0.2) is 36.5 Å². The molecule has 2 N–H and O–H groups in total. The third-order valence-corrected chi connectivity index (χ3v) is 4.69. The van der Waals surface area contributed by atoms with Gasteiger partial charge in [-0.25, -0.2) is 4.52 Å². The molecule has 2 aromatic heterocycles. The van der Waals surface area contributed by atoms with Gasteiger partial charge in [0, 0.05) is 30.8 Å². The Morgan fingerprint density at radius 3 is 2.96 bits per heavy atom. The van der Waals surface area contributed by atoms with Crippen molar-refractivity contribution in [2.75, 3.05) is 5.32 Å². The van der Waals surface area contributed by atoms with E-state index in [0.29, 0.717) is 5.95 Å². The number of fused-ring (bicyclic) bond motifs is 2. The van der Waals surface area contributed by atoms with Crippen LogP contribution in [0, 0.1) is 5.92 Å². The maximum atomic E-state index is 11.9. The standard InChI is InChI=1S/C18H17N5O/c24-17(11-3-4-11)21-18-20-16-15(2-1-7-23(16)22-18)12-5-6-13-9-19-10-14(13)8-12/h1-2,5-8,11,19H,3-4,9-10H2,(H,21,22,24). The topological polar surface area (TPSA) is 71.3 Å². The lowest BCUT2D eigenvalue weighted by Crippen LogP contribution is -2.14. The molecule has 3 heterocycles. The first kappa shape index (κ1) is 13.7. The Kier molecular flexibility index (Phi) is 2.93. The first-order valence-corrected chi connectivity index (χ1v) is 8.27. The maximum absolute atomic E-state index is 11.9. The van der Waals surface area contributed by atoms with Gasteiger partial charge in [-0.05, 0) is 47.7 Å². The summed E-state index contributed by atoms with van der Waals surface area (Å²) in [5.41, 5.74) is 5.58. The van der Waals surface area contributed by atoms with Gasteiger partial charge in [-0.2, -0.15) is 4.98 Å². The normalized spacial score (nSPS) is 16.3. The molecule has 120 valence electrons. The Labute approximate surface area is 138 Å². The van der Waals surface area contributed by atoms with E-state index in [2.05, 4.69) is 38.9 Å². The van der Waals surface area contributed by atoms with Crippen LogP contribution < -0.4 is 10.6 Å². The van der Waals surface area contributed by atoms with E-state index in [1.807, 2.05) is 18.3 Å². The molecule has 1 aromatic carbocycles. The number of hydrogen-bond donors (Lipinski definition) is 2. The minimum absolute atomic E-state index is 0.0241. The Bertz CT molecular complexity index is 957. The Morgan fingerprint density at radius 1 is 1.21 bits per heavy atom. The van der Waals surface area contributed by atoms with Crippen molar-refractivity contribution in [3.63, 3.8) is 0 Å². The average Bonchev–Trinajstić information content (AvgIpc) is 3.20. The highest BCUT2D eigenvalue weighted by atomic mass is 16.2. The minimum Gasteiger partial charge on any atom is -0.309 e. The summed E-state index contributed by atoms with van der Waals surface area (Å²) in [5, 5.41) is 10.6. The summed E-state index contributed by atoms with van der Waals surface area (Å²) >= 11 is 0. The number of carbonyl (C=O) groups is 1. The lowest BCUT2D eigenvalue weighted by Gasteiger charge is -2.05. The van der Waals surface area contributed by atoms with Crippen molar-refractivity contribution >= 4 is 17.5 Å². The fraction of sp³-hybridized carbons (Fsp3) is 0.278. The Balaban J connectivity index is 1.55. The van der Waals surface area contributed by atoms with Crippen LogP contribution in [0.25, 0.3) is 16.8 Å². The van der Waals surface area contributed by atoms with E-state index >= 15 is 0 Å². The third-order valence-electron chi connectivity index (χ3n) is 4.69. The van der Waals surface area contributed by atoms with Crippen LogP contribution in [0.3, 0.4) is 0 Å². The molecule has 24 heavy (non-hydrogen) atoms. The zero-order valence-electron chi connectivity index (χ0n) is 13.1. The predicted octanol–water partition coefficient (Wildman–Crippen LogP) is 2.35. The molecule has 3 aromatic rings. The van der Waals surface area contributed by atoms with Gasteiger partial charge < -0.3 is 5.32 Å². The van der Waals surface area contributed by atoms with E-state index in [4.69, 9.17) is 0 Å². The highest BCUT2D eigenvalue weighted by Gasteiger charge is 2.30. The van der Waals surface area contributed by atoms with Gasteiger partial charge in [0.05, 0.1) is 0 Å². The number of pyridine rings is 1. The van der Waals surface area contributed by atoms with Gasteiger partial charge in [-0.1, -0.05) is 12.1 Å². The molecule has 1 amide bonds. The second-order valence-electron chi connectivity index (χ2n) is 6.48. The van der Waals surface area contributed by atoms with Crippen LogP contribution in [-0.4, -0.2) is 20.5 Å². The summed E-state index contributed by atoms with van der Waals surface area (Å²) in [4.78, 5) is 16.5. The number of nitrogens with zero attached hydrogens (tertiary/aromatic N) is 3. The van der Waals surface area contributed by atoms with Crippen LogP contribution in [0.2, 0.25) is 0 Å².